The standard InChI is InChI=1S/C9H13NO/c1-6-2-7-4-11-5-9(7)8(6)3-10/h4-6,8H,2-3,10H2,1H3. The molecule has 2 rings (SSSR count). The molecule has 2 N–H and O–H groups in total. The van der Waals surface area contributed by atoms with E-state index in [1.807, 2.05) is 12.5 Å². The van der Waals surface area contributed by atoms with Gasteiger partial charge in [-0.15, -0.1) is 0 Å². The molecule has 1 aromatic rings. The van der Waals surface area contributed by atoms with Gasteiger partial charge in [0.25, 0.3) is 0 Å². The Bertz CT molecular complexity index is 254. The summed E-state index contributed by atoms with van der Waals surface area (Å²) in [5, 5.41) is 0. The van der Waals surface area contributed by atoms with Crippen molar-refractivity contribution in [2.45, 2.75) is 19.3 Å². The van der Waals surface area contributed by atoms with Crippen molar-refractivity contribution in [2.24, 2.45) is 11.7 Å². The molecule has 0 aliphatic heterocycles. The third kappa shape index (κ3) is 0.897. The zero-order valence-electron chi connectivity index (χ0n) is 6.71. The minimum atomic E-state index is 0.531. The predicted octanol–water partition coefficient (Wildman–Crippen LogP) is 1.51. The molecule has 2 atom stereocenters. The summed E-state index contributed by atoms with van der Waals surface area (Å²) in [7, 11) is 0. The van der Waals surface area contributed by atoms with E-state index in [1.165, 1.54) is 11.1 Å². The van der Waals surface area contributed by atoms with Crippen molar-refractivity contribution in [3.8, 4) is 0 Å². The molecule has 1 heterocycles. The first-order valence-electron chi connectivity index (χ1n) is 4.08. The van der Waals surface area contributed by atoms with Crippen LogP contribution < -0.4 is 5.73 Å². The van der Waals surface area contributed by atoms with Gasteiger partial charge in [0.05, 0.1) is 12.5 Å². The number of hydrogen-bond donors (Lipinski definition) is 1. The van der Waals surface area contributed by atoms with Gasteiger partial charge in [-0.3, -0.25) is 0 Å². The van der Waals surface area contributed by atoms with Crippen molar-refractivity contribution in [3.05, 3.63) is 23.7 Å². The smallest absolute Gasteiger partial charge is 0.0940 e. The van der Waals surface area contributed by atoms with Crippen LogP contribution in [0, 0.1) is 5.92 Å². The van der Waals surface area contributed by atoms with E-state index in [2.05, 4.69) is 6.92 Å². The van der Waals surface area contributed by atoms with Crippen molar-refractivity contribution >= 4 is 0 Å². The first-order chi connectivity index (χ1) is 5.33. The molecule has 1 aliphatic carbocycles. The Morgan fingerprint density at radius 1 is 1.64 bits per heavy atom. The van der Waals surface area contributed by atoms with Gasteiger partial charge in [-0.1, -0.05) is 6.92 Å². The monoisotopic (exact) mass is 151 g/mol. The van der Waals surface area contributed by atoms with Crippen LogP contribution in [0.25, 0.3) is 0 Å². The molecule has 0 radical (unpaired) electrons. The van der Waals surface area contributed by atoms with Crippen LogP contribution in [0.2, 0.25) is 0 Å². The van der Waals surface area contributed by atoms with E-state index in [9.17, 15) is 0 Å². The molecule has 0 aromatic carbocycles. The summed E-state index contributed by atoms with van der Waals surface area (Å²) in [6.07, 6.45) is 4.82. The normalized spacial score (nSPS) is 28.9. The van der Waals surface area contributed by atoms with Gasteiger partial charge >= 0.3 is 0 Å². The van der Waals surface area contributed by atoms with Gasteiger partial charge in [-0.05, 0) is 30.0 Å². The fourth-order valence-electron chi connectivity index (χ4n) is 1.98. The van der Waals surface area contributed by atoms with Crippen LogP contribution in [-0.2, 0) is 6.42 Å². The Morgan fingerprint density at radius 2 is 2.45 bits per heavy atom. The molecule has 1 aliphatic rings. The van der Waals surface area contributed by atoms with Gasteiger partial charge in [-0.2, -0.15) is 0 Å². The Balaban J connectivity index is 2.35. The summed E-state index contributed by atoms with van der Waals surface area (Å²) >= 11 is 0. The second-order valence-corrected chi connectivity index (χ2v) is 3.38. The molecule has 0 fully saturated rings. The number of fused-ring (bicyclic) bond motifs is 1. The van der Waals surface area contributed by atoms with Crippen molar-refractivity contribution < 1.29 is 4.42 Å². The highest BCUT2D eigenvalue weighted by molar-refractivity contribution is 5.32. The van der Waals surface area contributed by atoms with E-state index in [1.54, 1.807) is 0 Å². The maximum Gasteiger partial charge on any atom is 0.0940 e. The zero-order chi connectivity index (χ0) is 7.84. The number of furan rings is 1. The third-order valence-corrected chi connectivity index (χ3v) is 2.66. The highest BCUT2D eigenvalue weighted by Gasteiger charge is 2.29. The molecule has 0 saturated carbocycles. The molecule has 2 nitrogen and oxygen atoms in total. The summed E-state index contributed by atoms with van der Waals surface area (Å²) in [6.45, 7) is 2.99. The van der Waals surface area contributed by atoms with Crippen molar-refractivity contribution in [2.75, 3.05) is 6.54 Å². The lowest BCUT2D eigenvalue weighted by Gasteiger charge is -2.11. The summed E-state index contributed by atoms with van der Waals surface area (Å²) in [5.41, 5.74) is 8.34. The lowest BCUT2D eigenvalue weighted by Crippen LogP contribution is -2.15. The number of hydrogen-bond acceptors (Lipinski definition) is 2. The van der Waals surface area contributed by atoms with Gasteiger partial charge < -0.3 is 10.2 Å². The van der Waals surface area contributed by atoms with Crippen LogP contribution in [0.15, 0.2) is 16.9 Å². The minimum Gasteiger partial charge on any atom is -0.472 e. The molecule has 2 heteroatoms. The van der Waals surface area contributed by atoms with Gasteiger partial charge in [-0.25, -0.2) is 0 Å². The predicted molar refractivity (Wildman–Crippen MR) is 43.4 cm³/mol. The molecule has 0 spiro atoms. The summed E-state index contributed by atoms with van der Waals surface area (Å²) < 4.78 is 5.11. The third-order valence-electron chi connectivity index (χ3n) is 2.66. The van der Waals surface area contributed by atoms with Crippen molar-refractivity contribution in [1.82, 2.24) is 0 Å². The second-order valence-electron chi connectivity index (χ2n) is 3.38. The second kappa shape index (κ2) is 2.38. The number of nitrogens with two attached hydrogens (primary N) is 1. The molecule has 60 valence electrons. The Hall–Kier alpha value is -0.760. The Morgan fingerprint density at radius 3 is 3.18 bits per heavy atom. The zero-order valence-corrected chi connectivity index (χ0v) is 6.71. The average Bonchev–Trinajstić information content (AvgIpc) is 2.46. The van der Waals surface area contributed by atoms with E-state index in [-0.39, 0.29) is 0 Å². The molecule has 11 heavy (non-hydrogen) atoms. The molecular formula is C9H13NO. The Labute approximate surface area is 66.4 Å². The summed E-state index contributed by atoms with van der Waals surface area (Å²) in [6, 6.07) is 0. The summed E-state index contributed by atoms with van der Waals surface area (Å²) in [4.78, 5) is 0. The van der Waals surface area contributed by atoms with Gasteiger partial charge in [0.15, 0.2) is 0 Å². The topological polar surface area (TPSA) is 39.2 Å². The van der Waals surface area contributed by atoms with Crippen LogP contribution in [0.3, 0.4) is 0 Å². The van der Waals surface area contributed by atoms with Gasteiger partial charge in [0.1, 0.15) is 0 Å². The maximum atomic E-state index is 5.66. The van der Waals surface area contributed by atoms with E-state index >= 15 is 0 Å². The first kappa shape index (κ1) is 6.92. The van der Waals surface area contributed by atoms with E-state index in [0.29, 0.717) is 11.8 Å². The van der Waals surface area contributed by atoms with Gasteiger partial charge in [0, 0.05) is 5.92 Å². The Kier molecular flexibility index (Phi) is 1.50. The van der Waals surface area contributed by atoms with E-state index in [0.717, 1.165) is 13.0 Å². The fourth-order valence-corrected chi connectivity index (χ4v) is 1.98. The molecular weight excluding hydrogens is 138 g/mol. The minimum absolute atomic E-state index is 0.531. The quantitative estimate of drug-likeness (QED) is 0.660. The van der Waals surface area contributed by atoms with Crippen LogP contribution in [0.4, 0.5) is 0 Å². The highest BCUT2D eigenvalue weighted by Crippen LogP contribution is 2.37. The molecule has 0 saturated heterocycles. The largest absolute Gasteiger partial charge is 0.472 e. The molecule has 2 unspecified atom stereocenters. The van der Waals surface area contributed by atoms with Crippen LogP contribution in [0.5, 0.6) is 0 Å². The average molecular weight is 151 g/mol. The molecule has 1 aromatic heterocycles. The van der Waals surface area contributed by atoms with Crippen molar-refractivity contribution in [3.63, 3.8) is 0 Å². The molecule has 0 amide bonds. The van der Waals surface area contributed by atoms with Crippen molar-refractivity contribution in [1.29, 1.82) is 0 Å². The highest BCUT2D eigenvalue weighted by atomic mass is 16.3. The molecule has 0 bridgehead atoms. The lowest BCUT2D eigenvalue weighted by atomic mass is 9.95. The maximum absolute atomic E-state index is 5.66. The van der Waals surface area contributed by atoms with E-state index in [4.69, 9.17) is 10.2 Å². The summed E-state index contributed by atoms with van der Waals surface area (Å²) in [5.74, 6) is 1.23. The van der Waals surface area contributed by atoms with Crippen LogP contribution in [-0.4, -0.2) is 6.54 Å². The van der Waals surface area contributed by atoms with E-state index < -0.39 is 0 Å². The van der Waals surface area contributed by atoms with Crippen LogP contribution >= 0.6 is 0 Å². The first-order valence-corrected chi connectivity index (χ1v) is 4.08. The van der Waals surface area contributed by atoms with Gasteiger partial charge in [0.2, 0.25) is 0 Å². The SMILES string of the molecule is CC1Cc2cocc2C1CN. The number of rotatable bonds is 1. The lowest BCUT2D eigenvalue weighted by molar-refractivity contribution is 0.478. The fraction of sp³-hybridized carbons (Fsp3) is 0.556. The van der Waals surface area contributed by atoms with Crippen LogP contribution in [0.1, 0.15) is 24.0 Å².